The van der Waals surface area contributed by atoms with Crippen molar-refractivity contribution in [2.45, 2.75) is 32.1 Å². The van der Waals surface area contributed by atoms with E-state index < -0.39 is 0 Å². The van der Waals surface area contributed by atoms with Crippen molar-refractivity contribution in [1.29, 1.82) is 0 Å². The number of nitrogens with one attached hydrogen (secondary N) is 1. The summed E-state index contributed by atoms with van der Waals surface area (Å²) in [4.78, 5) is 13.0. The molecule has 0 saturated carbocycles. The zero-order valence-corrected chi connectivity index (χ0v) is 18.5. The molecule has 3 aromatic rings. The molecule has 0 spiro atoms. The molecule has 3 aromatic carbocycles. The van der Waals surface area contributed by atoms with Crippen LogP contribution in [-0.2, 0) is 0 Å². The van der Waals surface area contributed by atoms with Crippen LogP contribution < -0.4 is 5.32 Å². The average Bonchev–Trinajstić information content (AvgIpc) is 3.26. The first-order valence-electron chi connectivity index (χ1n) is 10.6. The van der Waals surface area contributed by atoms with Gasteiger partial charge in [0.05, 0.1) is 12.3 Å². The van der Waals surface area contributed by atoms with Crippen LogP contribution in [0.15, 0.2) is 84.0 Å². The van der Waals surface area contributed by atoms with Gasteiger partial charge in [0.1, 0.15) is 0 Å². The first-order chi connectivity index (χ1) is 15.0. The van der Waals surface area contributed by atoms with Gasteiger partial charge in [0.25, 0.3) is 0 Å². The summed E-state index contributed by atoms with van der Waals surface area (Å²) < 4.78 is 0. The molecule has 0 bridgehead atoms. The van der Waals surface area contributed by atoms with Crippen molar-refractivity contribution in [3.8, 4) is 0 Å². The molecular weight excluding hydrogens is 406 g/mol. The maximum Gasteiger partial charge on any atom is 0.342 e. The third-order valence-electron chi connectivity index (χ3n) is 5.83. The van der Waals surface area contributed by atoms with Crippen molar-refractivity contribution < 1.29 is 4.79 Å². The quantitative estimate of drug-likeness (QED) is 0.469. The molecule has 0 unspecified atom stereocenters. The predicted molar refractivity (Wildman–Crippen MR) is 128 cm³/mol. The van der Waals surface area contributed by atoms with E-state index in [0.717, 1.165) is 28.9 Å². The van der Waals surface area contributed by atoms with Crippen molar-refractivity contribution in [2.75, 3.05) is 11.9 Å². The van der Waals surface area contributed by atoms with Crippen LogP contribution in [0.3, 0.4) is 0 Å². The minimum atomic E-state index is -0.235. The highest BCUT2D eigenvalue weighted by atomic mass is 35.5. The van der Waals surface area contributed by atoms with Crippen LogP contribution in [0, 0.1) is 0 Å². The highest BCUT2D eigenvalue weighted by Crippen LogP contribution is 2.30. The van der Waals surface area contributed by atoms with E-state index in [1.165, 1.54) is 10.6 Å². The SMILES string of the molecule is CC[C@H](C)c1ccc(NC(=O)N2C[C@H](c3ccccc3)C(c3ccc(Cl)cc3)=N2)cc1. The number of hydrazone groups is 1. The van der Waals surface area contributed by atoms with Crippen LogP contribution >= 0.6 is 11.6 Å². The van der Waals surface area contributed by atoms with Gasteiger partial charge in [-0.05, 0) is 53.3 Å². The summed E-state index contributed by atoms with van der Waals surface area (Å²) in [5.41, 5.74) is 5.00. The first-order valence-corrected chi connectivity index (χ1v) is 11.0. The predicted octanol–water partition coefficient (Wildman–Crippen LogP) is 6.89. The van der Waals surface area contributed by atoms with E-state index in [2.05, 4.69) is 43.4 Å². The number of nitrogens with zero attached hydrogens (tertiary/aromatic N) is 2. The maximum absolute atomic E-state index is 13.0. The molecule has 2 atom stereocenters. The van der Waals surface area contributed by atoms with Crippen LogP contribution in [0.1, 0.15) is 48.8 Å². The van der Waals surface area contributed by atoms with Gasteiger partial charge in [-0.2, -0.15) is 5.10 Å². The van der Waals surface area contributed by atoms with Crippen molar-refractivity contribution in [2.24, 2.45) is 5.10 Å². The number of urea groups is 1. The Labute approximate surface area is 188 Å². The molecule has 0 fully saturated rings. The second-order valence-corrected chi connectivity index (χ2v) is 8.34. The number of hydrogen-bond donors (Lipinski definition) is 1. The van der Waals surface area contributed by atoms with E-state index in [1.54, 1.807) is 0 Å². The fourth-order valence-corrected chi connectivity index (χ4v) is 3.90. The number of rotatable bonds is 5. The van der Waals surface area contributed by atoms with E-state index in [0.29, 0.717) is 17.5 Å². The van der Waals surface area contributed by atoms with Gasteiger partial charge >= 0.3 is 6.03 Å². The Morgan fingerprint density at radius 2 is 1.74 bits per heavy atom. The molecule has 31 heavy (non-hydrogen) atoms. The molecule has 158 valence electrons. The van der Waals surface area contributed by atoms with Crippen molar-refractivity contribution in [1.82, 2.24) is 5.01 Å². The summed E-state index contributed by atoms with van der Waals surface area (Å²) in [6, 6.07) is 25.6. The number of halogens is 1. The van der Waals surface area contributed by atoms with Crippen molar-refractivity contribution >= 4 is 29.0 Å². The normalized spacial score (nSPS) is 16.7. The maximum atomic E-state index is 13.0. The van der Waals surface area contributed by atoms with Crippen LogP contribution in [0.25, 0.3) is 0 Å². The highest BCUT2D eigenvalue weighted by molar-refractivity contribution is 6.30. The molecule has 0 aliphatic carbocycles. The summed E-state index contributed by atoms with van der Waals surface area (Å²) in [6.07, 6.45) is 1.09. The Balaban J connectivity index is 1.56. The summed E-state index contributed by atoms with van der Waals surface area (Å²) in [5, 5.41) is 9.87. The fraction of sp³-hybridized carbons (Fsp3) is 0.231. The van der Waals surface area contributed by atoms with Crippen LogP contribution in [0.2, 0.25) is 5.02 Å². The molecule has 1 aliphatic rings. The van der Waals surface area contributed by atoms with E-state index in [4.69, 9.17) is 16.7 Å². The molecule has 4 rings (SSSR count). The molecule has 2 amide bonds. The molecule has 0 radical (unpaired) electrons. The zero-order chi connectivity index (χ0) is 21.8. The van der Waals surface area contributed by atoms with Crippen molar-refractivity contribution in [3.63, 3.8) is 0 Å². The van der Waals surface area contributed by atoms with Gasteiger partial charge in [-0.1, -0.05) is 80.0 Å². The third-order valence-corrected chi connectivity index (χ3v) is 6.09. The first kappa shape index (κ1) is 21.1. The number of carbonyl (C=O) groups excluding carboxylic acids is 1. The van der Waals surface area contributed by atoms with E-state index in [-0.39, 0.29) is 11.9 Å². The number of amides is 2. The molecule has 4 nitrogen and oxygen atoms in total. The standard InChI is InChI=1S/C26H26ClN3O/c1-3-18(2)19-11-15-23(16-12-19)28-26(31)30-17-24(20-7-5-4-6-8-20)25(29-30)21-9-13-22(27)14-10-21/h4-16,18,24H,3,17H2,1-2H3,(H,28,31)/t18-,24+/m0/s1. The van der Waals surface area contributed by atoms with Gasteiger partial charge in [0.2, 0.25) is 0 Å². The highest BCUT2D eigenvalue weighted by Gasteiger charge is 2.32. The number of carbonyl (C=O) groups is 1. The van der Waals surface area contributed by atoms with Crippen LogP contribution in [-0.4, -0.2) is 23.3 Å². The number of hydrogen-bond acceptors (Lipinski definition) is 2. The number of anilines is 1. The second kappa shape index (κ2) is 9.36. The lowest BCUT2D eigenvalue weighted by Crippen LogP contribution is -2.30. The second-order valence-electron chi connectivity index (χ2n) is 7.90. The Morgan fingerprint density at radius 1 is 1.06 bits per heavy atom. The summed E-state index contributed by atoms with van der Waals surface area (Å²) in [6.45, 7) is 4.86. The molecule has 0 aromatic heterocycles. The lowest BCUT2D eigenvalue weighted by atomic mass is 9.91. The minimum absolute atomic E-state index is 0.000838. The molecular formula is C26H26ClN3O. The smallest absolute Gasteiger partial charge is 0.306 e. The molecule has 0 saturated heterocycles. The summed E-state index contributed by atoms with van der Waals surface area (Å²) in [5.74, 6) is 0.502. The largest absolute Gasteiger partial charge is 0.342 e. The lowest BCUT2D eigenvalue weighted by molar-refractivity contribution is 0.218. The monoisotopic (exact) mass is 431 g/mol. The van der Waals surface area contributed by atoms with E-state index >= 15 is 0 Å². The van der Waals surface area contributed by atoms with Gasteiger partial charge in [0.15, 0.2) is 0 Å². The number of benzene rings is 3. The van der Waals surface area contributed by atoms with E-state index in [1.807, 2.05) is 54.6 Å². The van der Waals surface area contributed by atoms with Crippen molar-refractivity contribution in [3.05, 3.63) is 101 Å². The Hall–Kier alpha value is -3.11. The van der Waals surface area contributed by atoms with Crippen LogP contribution in [0.5, 0.6) is 0 Å². The van der Waals surface area contributed by atoms with Gasteiger partial charge < -0.3 is 5.32 Å². The van der Waals surface area contributed by atoms with Gasteiger partial charge in [-0.15, -0.1) is 0 Å². The topological polar surface area (TPSA) is 44.7 Å². The molecule has 5 heteroatoms. The van der Waals surface area contributed by atoms with Gasteiger partial charge in [-0.25, -0.2) is 9.80 Å². The molecule has 1 aliphatic heterocycles. The summed E-state index contributed by atoms with van der Waals surface area (Å²) >= 11 is 6.07. The van der Waals surface area contributed by atoms with Gasteiger partial charge in [-0.3, -0.25) is 0 Å². The molecule has 1 heterocycles. The molecule has 1 N–H and O–H groups in total. The average molecular weight is 432 g/mol. The minimum Gasteiger partial charge on any atom is -0.306 e. The lowest BCUT2D eigenvalue weighted by Gasteiger charge is -2.16. The Morgan fingerprint density at radius 3 is 2.39 bits per heavy atom. The zero-order valence-electron chi connectivity index (χ0n) is 17.8. The Kier molecular flexibility index (Phi) is 6.38. The fourth-order valence-electron chi connectivity index (χ4n) is 3.78. The summed E-state index contributed by atoms with van der Waals surface area (Å²) in [7, 11) is 0. The van der Waals surface area contributed by atoms with E-state index in [9.17, 15) is 4.79 Å². The third kappa shape index (κ3) is 4.80. The Bertz CT molecular complexity index is 1060. The van der Waals surface area contributed by atoms with Crippen LogP contribution in [0.4, 0.5) is 10.5 Å². The van der Waals surface area contributed by atoms with Gasteiger partial charge in [0, 0.05) is 16.6 Å².